The highest BCUT2D eigenvalue weighted by atomic mass is 14.0. The molecule has 0 atom stereocenters. The monoisotopic (exact) mass is 256 g/mol. The van der Waals surface area contributed by atoms with Gasteiger partial charge in [0.2, 0.25) is 0 Å². The number of allylic oxidation sites excluding steroid dienone is 2. The first-order valence-corrected chi connectivity index (χ1v) is 6.89. The van der Waals surface area contributed by atoms with Gasteiger partial charge in [0.15, 0.2) is 0 Å². The van der Waals surface area contributed by atoms with Crippen LogP contribution in [0.2, 0.25) is 0 Å². The third kappa shape index (κ3) is 3.08. The van der Waals surface area contributed by atoms with Crippen LogP contribution in [0.1, 0.15) is 22.3 Å². The zero-order chi connectivity index (χ0) is 13.6. The van der Waals surface area contributed by atoms with Gasteiger partial charge in [-0.05, 0) is 22.3 Å². The van der Waals surface area contributed by atoms with Crippen LogP contribution in [-0.4, -0.2) is 0 Å². The molecule has 0 N–H and O–H groups in total. The second-order valence-corrected chi connectivity index (χ2v) is 4.87. The van der Waals surface area contributed by atoms with Gasteiger partial charge in [-0.1, -0.05) is 84.7 Å². The second-order valence-electron chi connectivity index (χ2n) is 4.87. The lowest BCUT2D eigenvalue weighted by molar-refractivity contribution is 1.27. The minimum atomic E-state index is 0.809. The van der Waals surface area contributed by atoms with Crippen LogP contribution in [0.15, 0.2) is 60.7 Å². The van der Waals surface area contributed by atoms with Crippen molar-refractivity contribution in [2.45, 2.75) is 12.8 Å². The first-order chi connectivity index (χ1) is 9.92. The highest BCUT2D eigenvalue weighted by Crippen LogP contribution is 2.13. The van der Waals surface area contributed by atoms with Gasteiger partial charge in [0.25, 0.3) is 0 Å². The summed E-state index contributed by atoms with van der Waals surface area (Å²) in [6, 6.07) is 17.0. The molecule has 1 aliphatic rings. The summed E-state index contributed by atoms with van der Waals surface area (Å²) in [7, 11) is 0. The van der Waals surface area contributed by atoms with Crippen molar-refractivity contribution in [3.05, 3.63) is 82.9 Å². The van der Waals surface area contributed by atoms with Crippen molar-refractivity contribution in [3.63, 3.8) is 0 Å². The van der Waals surface area contributed by atoms with E-state index in [9.17, 15) is 0 Å². The predicted molar refractivity (Wildman–Crippen MR) is 86.1 cm³/mol. The van der Waals surface area contributed by atoms with E-state index in [0.717, 1.165) is 12.8 Å². The van der Waals surface area contributed by atoms with Gasteiger partial charge in [0, 0.05) is 12.8 Å². The average molecular weight is 256 g/mol. The van der Waals surface area contributed by atoms with Gasteiger partial charge in [-0.25, -0.2) is 0 Å². The summed E-state index contributed by atoms with van der Waals surface area (Å²) in [6.45, 7) is 0. The zero-order valence-electron chi connectivity index (χ0n) is 11.3. The van der Waals surface area contributed by atoms with Crippen LogP contribution in [0.4, 0.5) is 0 Å². The van der Waals surface area contributed by atoms with Crippen molar-refractivity contribution in [2.24, 2.45) is 0 Å². The van der Waals surface area contributed by atoms with Gasteiger partial charge in [0.1, 0.15) is 0 Å². The molecule has 0 unspecified atom stereocenters. The van der Waals surface area contributed by atoms with Gasteiger partial charge in [-0.2, -0.15) is 0 Å². The van der Waals surface area contributed by atoms with E-state index in [2.05, 4.69) is 84.7 Å². The van der Waals surface area contributed by atoms with Gasteiger partial charge >= 0.3 is 0 Å². The third-order valence-electron chi connectivity index (χ3n) is 3.38. The summed E-state index contributed by atoms with van der Waals surface area (Å²) in [5.41, 5.74) is 5.03. The zero-order valence-corrected chi connectivity index (χ0v) is 11.3. The molecule has 0 aromatic heterocycles. The van der Waals surface area contributed by atoms with E-state index in [-0.39, 0.29) is 0 Å². The quantitative estimate of drug-likeness (QED) is 0.608. The molecular formula is C20H16. The second kappa shape index (κ2) is 6.08. The van der Waals surface area contributed by atoms with E-state index in [4.69, 9.17) is 0 Å². The summed E-state index contributed by atoms with van der Waals surface area (Å²) >= 11 is 0. The highest BCUT2D eigenvalue weighted by molar-refractivity contribution is 5.60. The molecule has 0 amide bonds. The molecule has 2 bridgehead atoms. The van der Waals surface area contributed by atoms with Crippen LogP contribution in [0.25, 0.3) is 12.2 Å². The largest absolute Gasteiger partial charge is 0.0982 e. The smallest absolute Gasteiger partial charge is 0.0346 e. The molecule has 0 saturated heterocycles. The molecule has 0 fully saturated rings. The topological polar surface area (TPSA) is 0 Å². The lowest BCUT2D eigenvalue weighted by Gasteiger charge is -2.00. The van der Waals surface area contributed by atoms with Crippen LogP contribution in [0.5, 0.6) is 0 Å². The van der Waals surface area contributed by atoms with Crippen molar-refractivity contribution in [1.82, 2.24) is 0 Å². The Morgan fingerprint density at radius 3 is 2.60 bits per heavy atom. The molecule has 3 rings (SSSR count). The average Bonchev–Trinajstić information content (AvgIpc) is 2.50. The van der Waals surface area contributed by atoms with Crippen molar-refractivity contribution >= 4 is 12.2 Å². The van der Waals surface area contributed by atoms with E-state index >= 15 is 0 Å². The van der Waals surface area contributed by atoms with Crippen molar-refractivity contribution in [2.75, 3.05) is 0 Å². The predicted octanol–water partition coefficient (Wildman–Crippen LogP) is 4.52. The number of hydrogen-bond acceptors (Lipinski definition) is 0. The minimum Gasteiger partial charge on any atom is -0.0982 e. The maximum Gasteiger partial charge on any atom is 0.0346 e. The Morgan fingerprint density at radius 1 is 0.750 bits per heavy atom. The maximum absolute atomic E-state index is 3.28. The lowest BCUT2D eigenvalue weighted by Crippen LogP contribution is -1.87. The van der Waals surface area contributed by atoms with E-state index in [1.807, 2.05) is 0 Å². The highest BCUT2D eigenvalue weighted by Gasteiger charge is 1.96. The molecule has 2 aromatic rings. The van der Waals surface area contributed by atoms with Crippen LogP contribution in [0.3, 0.4) is 0 Å². The van der Waals surface area contributed by atoms with E-state index in [1.165, 1.54) is 22.3 Å². The van der Waals surface area contributed by atoms with Crippen LogP contribution in [-0.2, 0) is 12.8 Å². The van der Waals surface area contributed by atoms with E-state index in [1.54, 1.807) is 0 Å². The summed E-state index contributed by atoms with van der Waals surface area (Å²) in [5, 5.41) is 0. The first-order valence-electron chi connectivity index (χ1n) is 6.89. The Hall–Kier alpha value is -2.52. The van der Waals surface area contributed by atoms with Crippen LogP contribution >= 0.6 is 0 Å². The Bertz CT molecular complexity index is 721. The fraction of sp³-hybridized carbons (Fsp3) is 0.100. The fourth-order valence-corrected chi connectivity index (χ4v) is 2.31. The molecule has 0 radical (unpaired) electrons. The molecule has 0 spiro atoms. The SMILES string of the molecule is C1#CCc2ccccc2/C=C\C=C/c2cccc(c2)C1. The van der Waals surface area contributed by atoms with Gasteiger partial charge in [-0.15, -0.1) is 0 Å². The lowest BCUT2D eigenvalue weighted by atomic mass is 10.0. The summed E-state index contributed by atoms with van der Waals surface area (Å²) in [5.74, 6) is 6.56. The molecule has 1 aliphatic carbocycles. The Kier molecular flexibility index (Phi) is 3.80. The molecule has 0 aliphatic heterocycles. The van der Waals surface area contributed by atoms with Crippen molar-refractivity contribution in [3.8, 4) is 11.8 Å². The van der Waals surface area contributed by atoms with Gasteiger partial charge < -0.3 is 0 Å². The number of fused-ring (bicyclic) bond motifs is 3. The molecule has 0 heteroatoms. The number of hydrogen-bond donors (Lipinski definition) is 0. The fourth-order valence-electron chi connectivity index (χ4n) is 2.31. The standard InChI is InChI=1S/C20H16/c1-3-12-19-14-5-6-15-20(19)13-4-2-9-18-11-7-10-17(8-1)16-18/h1,3,5-8,10-12,14-16H,9,13H2/b8-1-,12-3-. The third-order valence-corrected chi connectivity index (χ3v) is 3.38. The summed E-state index contributed by atoms with van der Waals surface area (Å²) in [4.78, 5) is 0. The summed E-state index contributed by atoms with van der Waals surface area (Å²) < 4.78 is 0. The number of rotatable bonds is 0. The van der Waals surface area contributed by atoms with Gasteiger partial charge in [0.05, 0.1) is 0 Å². The first kappa shape index (κ1) is 12.5. The molecule has 0 heterocycles. The minimum absolute atomic E-state index is 0.809. The molecule has 2 aromatic carbocycles. The van der Waals surface area contributed by atoms with Crippen molar-refractivity contribution in [1.29, 1.82) is 0 Å². The molecular weight excluding hydrogens is 240 g/mol. The van der Waals surface area contributed by atoms with Gasteiger partial charge in [-0.3, -0.25) is 0 Å². The van der Waals surface area contributed by atoms with E-state index < -0.39 is 0 Å². The van der Waals surface area contributed by atoms with Crippen LogP contribution < -0.4 is 0 Å². The molecule has 20 heavy (non-hydrogen) atoms. The van der Waals surface area contributed by atoms with Crippen LogP contribution in [0, 0.1) is 11.8 Å². The Balaban J connectivity index is 2.00. The Morgan fingerprint density at radius 2 is 1.60 bits per heavy atom. The molecule has 0 nitrogen and oxygen atoms in total. The number of benzene rings is 2. The van der Waals surface area contributed by atoms with Crippen molar-refractivity contribution < 1.29 is 0 Å². The normalized spacial score (nSPS) is 16.4. The summed E-state index contributed by atoms with van der Waals surface area (Å²) in [6.07, 6.45) is 10.1. The maximum atomic E-state index is 3.28. The molecule has 0 saturated carbocycles. The molecule has 96 valence electrons. The van der Waals surface area contributed by atoms with E-state index in [0.29, 0.717) is 0 Å². The Labute approximate surface area is 120 Å².